The number of carboxylic acid groups (broad SMARTS) is 1. The topological polar surface area (TPSA) is 53.8 Å². The van der Waals surface area contributed by atoms with Crippen LogP contribution in [0.5, 0.6) is 0 Å². The summed E-state index contributed by atoms with van der Waals surface area (Å²) in [5.74, 6) is -0.853. The zero-order valence-electron chi connectivity index (χ0n) is 13.0. The van der Waals surface area contributed by atoms with Gasteiger partial charge in [0.1, 0.15) is 4.88 Å². The molecular formula is C17H21ClN2O2S. The van der Waals surface area contributed by atoms with Gasteiger partial charge in [0, 0.05) is 23.8 Å². The molecule has 1 aromatic heterocycles. The average Bonchev–Trinajstić information content (AvgIpc) is 2.95. The summed E-state index contributed by atoms with van der Waals surface area (Å²) < 4.78 is 0. The van der Waals surface area contributed by atoms with Crippen LogP contribution in [0.2, 0.25) is 0 Å². The number of hydrogen-bond donors (Lipinski definition) is 3. The van der Waals surface area contributed by atoms with E-state index >= 15 is 0 Å². The molecule has 0 amide bonds. The third-order valence-corrected chi connectivity index (χ3v) is 5.36. The molecule has 0 aliphatic carbocycles. The first-order valence-electron chi connectivity index (χ1n) is 7.64. The summed E-state index contributed by atoms with van der Waals surface area (Å²) in [4.78, 5) is 14.5. The van der Waals surface area contributed by atoms with Gasteiger partial charge in [-0.1, -0.05) is 30.3 Å². The normalized spacial score (nSPS) is 20.6. The highest BCUT2D eigenvalue weighted by molar-refractivity contribution is 7.18. The maximum absolute atomic E-state index is 11.5. The number of carbonyl (C=O) groups is 1. The van der Waals surface area contributed by atoms with Crippen molar-refractivity contribution >= 4 is 23.0 Å². The highest BCUT2D eigenvalue weighted by atomic mass is 35.5. The van der Waals surface area contributed by atoms with Crippen LogP contribution in [0.15, 0.2) is 36.4 Å². The van der Waals surface area contributed by atoms with Crippen LogP contribution in [0.4, 0.5) is 5.69 Å². The van der Waals surface area contributed by atoms with Gasteiger partial charge >= 0.3 is 5.97 Å². The Kier molecular flexibility index (Phi) is 6.04. The smallest absolute Gasteiger partial charge is 0.348 e. The van der Waals surface area contributed by atoms with Crippen LogP contribution in [0.3, 0.4) is 0 Å². The summed E-state index contributed by atoms with van der Waals surface area (Å²) >= 11 is 1.34. The molecule has 3 N–H and O–H groups in total. The van der Waals surface area contributed by atoms with Gasteiger partial charge in [-0.2, -0.15) is 0 Å². The summed E-state index contributed by atoms with van der Waals surface area (Å²) in [6.07, 6.45) is 2.17. The number of likely N-dealkylation sites (tertiary alicyclic amines) is 1. The fourth-order valence-electron chi connectivity index (χ4n) is 2.88. The average molecular weight is 353 g/mol. The molecule has 0 atom stereocenters. The van der Waals surface area contributed by atoms with E-state index in [1.54, 1.807) is 4.90 Å². The predicted octanol–water partition coefficient (Wildman–Crippen LogP) is -0.794. The standard InChI is InChI=1S/C17H20N2O2S.ClH/c1-19-9-7-13(8-10-19)18-14-11-15(22-16(14)17(20)21)12-5-3-2-4-6-12;/h2-6,11,13,18H,7-10H2,1H3,(H,20,21);1H. The molecule has 3 rings (SSSR count). The van der Waals surface area contributed by atoms with Crippen LogP contribution in [-0.2, 0) is 0 Å². The minimum Gasteiger partial charge on any atom is -1.00 e. The van der Waals surface area contributed by atoms with Crippen LogP contribution in [0.1, 0.15) is 22.5 Å². The zero-order chi connectivity index (χ0) is 15.5. The molecule has 1 aliphatic heterocycles. The molecule has 2 heterocycles. The molecule has 23 heavy (non-hydrogen) atoms. The van der Waals surface area contributed by atoms with Gasteiger partial charge < -0.3 is 27.7 Å². The third-order valence-electron chi connectivity index (χ3n) is 4.18. The molecule has 6 heteroatoms. The van der Waals surface area contributed by atoms with E-state index in [-0.39, 0.29) is 12.4 Å². The van der Waals surface area contributed by atoms with Gasteiger partial charge in [-0.25, -0.2) is 4.79 Å². The summed E-state index contributed by atoms with van der Waals surface area (Å²) in [6, 6.07) is 12.3. The van der Waals surface area contributed by atoms with Gasteiger partial charge in [0.05, 0.1) is 25.8 Å². The molecule has 0 unspecified atom stereocenters. The predicted molar refractivity (Wildman–Crippen MR) is 90.0 cm³/mol. The van der Waals surface area contributed by atoms with Gasteiger partial charge in [0.15, 0.2) is 0 Å². The molecule has 2 aromatic rings. The Balaban J connectivity index is 0.00000192. The zero-order valence-corrected chi connectivity index (χ0v) is 14.6. The van der Waals surface area contributed by atoms with Crippen molar-refractivity contribution in [3.8, 4) is 10.4 Å². The lowest BCUT2D eigenvalue weighted by atomic mass is 10.1. The number of halogens is 1. The molecule has 1 saturated heterocycles. The van der Waals surface area contributed by atoms with Crippen molar-refractivity contribution in [3.63, 3.8) is 0 Å². The Morgan fingerprint density at radius 2 is 1.91 bits per heavy atom. The van der Waals surface area contributed by atoms with E-state index in [4.69, 9.17) is 0 Å². The molecule has 1 aliphatic rings. The number of nitrogens with one attached hydrogen (secondary N) is 2. The van der Waals surface area contributed by atoms with Gasteiger partial charge in [0.2, 0.25) is 0 Å². The van der Waals surface area contributed by atoms with Gasteiger partial charge in [-0.05, 0) is 11.6 Å². The highest BCUT2D eigenvalue weighted by Crippen LogP contribution is 2.35. The van der Waals surface area contributed by atoms with Crippen LogP contribution in [0.25, 0.3) is 10.4 Å². The lowest BCUT2D eigenvalue weighted by Gasteiger charge is -2.27. The summed E-state index contributed by atoms with van der Waals surface area (Å²) in [6.45, 7) is 2.27. The fraction of sp³-hybridized carbons (Fsp3) is 0.353. The first-order valence-corrected chi connectivity index (χ1v) is 8.45. The quantitative estimate of drug-likeness (QED) is 0.676. The monoisotopic (exact) mass is 352 g/mol. The van der Waals surface area contributed by atoms with Gasteiger partial charge in [0.25, 0.3) is 0 Å². The van der Waals surface area contributed by atoms with Crippen molar-refractivity contribution in [1.29, 1.82) is 0 Å². The Morgan fingerprint density at radius 1 is 1.26 bits per heavy atom. The van der Waals surface area contributed by atoms with Crippen LogP contribution >= 0.6 is 11.3 Å². The molecule has 0 bridgehead atoms. The lowest BCUT2D eigenvalue weighted by molar-refractivity contribution is -0.884. The summed E-state index contributed by atoms with van der Waals surface area (Å²) in [5.41, 5.74) is 1.83. The number of thiophene rings is 1. The van der Waals surface area contributed by atoms with Crippen molar-refractivity contribution < 1.29 is 27.2 Å². The second kappa shape index (κ2) is 7.81. The van der Waals surface area contributed by atoms with Gasteiger partial charge in [-0.15, -0.1) is 11.3 Å². The Bertz CT molecular complexity index is 652. The van der Waals surface area contributed by atoms with Crippen molar-refractivity contribution in [3.05, 3.63) is 41.3 Å². The number of hydrogen-bond acceptors (Lipinski definition) is 3. The third kappa shape index (κ3) is 4.25. The van der Waals surface area contributed by atoms with Crippen LogP contribution in [-0.4, -0.2) is 37.3 Å². The SMILES string of the molecule is C[NH+]1CCC(Nc2cc(-c3ccccc3)sc2C(=O)O)CC1.[Cl-]. The summed E-state index contributed by atoms with van der Waals surface area (Å²) in [5, 5.41) is 12.9. The number of quaternary nitrogens is 1. The largest absolute Gasteiger partial charge is 1.00 e. The number of benzene rings is 1. The maximum atomic E-state index is 11.5. The number of carboxylic acids is 1. The first kappa shape index (κ1) is 17.8. The highest BCUT2D eigenvalue weighted by Gasteiger charge is 2.23. The Labute approximate surface area is 146 Å². The molecule has 1 aromatic carbocycles. The van der Waals surface area contributed by atoms with E-state index < -0.39 is 5.97 Å². The summed E-state index contributed by atoms with van der Waals surface area (Å²) in [7, 11) is 2.21. The van der Waals surface area contributed by atoms with E-state index in [2.05, 4.69) is 12.4 Å². The molecule has 0 spiro atoms. The first-order chi connectivity index (χ1) is 10.6. The van der Waals surface area contributed by atoms with Crippen LogP contribution in [0, 0.1) is 0 Å². The number of piperidine rings is 1. The van der Waals surface area contributed by atoms with Gasteiger partial charge in [-0.3, -0.25) is 0 Å². The molecular weight excluding hydrogens is 332 g/mol. The lowest BCUT2D eigenvalue weighted by Crippen LogP contribution is -3.10. The maximum Gasteiger partial charge on any atom is 0.348 e. The fourth-order valence-corrected chi connectivity index (χ4v) is 3.84. The number of aromatic carboxylic acids is 1. The second-order valence-electron chi connectivity index (χ2n) is 5.90. The van der Waals surface area contributed by atoms with Crippen molar-refractivity contribution in [1.82, 2.24) is 0 Å². The Hall–Kier alpha value is -1.56. The van der Waals surface area contributed by atoms with E-state index in [0.717, 1.165) is 42.1 Å². The minimum atomic E-state index is -0.853. The van der Waals surface area contributed by atoms with E-state index in [1.165, 1.54) is 11.3 Å². The molecule has 0 saturated carbocycles. The Morgan fingerprint density at radius 3 is 2.52 bits per heavy atom. The van der Waals surface area contributed by atoms with E-state index in [9.17, 15) is 9.90 Å². The van der Waals surface area contributed by atoms with Crippen molar-refractivity contribution in [2.75, 3.05) is 25.5 Å². The number of anilines is 1. The molecule has 124 valence electrons. The van der Waals surface area contributed by atoms with Crippen molar-refractivity contribution in [2.45, 2.75) is 18.9 Å². The second-order valence-corrected chi connectivity index (χ2v) is 6.95. The number of rotatable bonds is 4. The molecule has 4 nitrogen and oxygen atoms in total. The van der Waals surface area contributed by atoms with E-state index in [1.807, 2.05) is 36.4 Å². The van der Waals surface area contributed by atoms with Crippen LogP contribution < -0.4 is 22.6 Å². The minimum absolute atomic E-state index is 0. The van der Waals surface area contributed by atoms with Crippen molar-refractivity contribution in [2.24, 2.45) is 0 Å². The molecule has 1 fully saturated rings. The van der Waals surface area contributed by atoms with E-state index in [0.29, 0.717) is 10.9 Å². The molecule has 0 radical (unpaired) electrons.